The zero-order valence-electron chi connectivity index (χ0n) is 8.99. The minimum atomic E-state index is -3.15. The molecule has 0 saturated carbocycles. The number of hydrogen-bond donors (Lipinski definition) is 0. The molecule has 1 aromatic carbocycles. The van der Waals surface area contributed by atoms with E-state index in [2.05, 4.69) is 31.9 Å². The summed E-state index contributed by atoms with van der Waals surface area (Å²) in [7, 11) is -3.15. The van der Waals surface area contributed by atoms with Crippen LogP contribution in [0.4, 0.5) is 0 Å². The van der Waals surface area contributed by atoms with Crippen molar-refractivity contribution in [2.24, 2.45) is 5.92 Å². The Kier molecular flexibility index (Phi) is 5.47. The van der Waals surface area contributed by atoms with E-state index in [1.807, 2.05) is 6.92 Å². The Labute approximate surface area is 114 Å². The molecule has 0 aliphatic heterocycles. The van der Waals surface area contributed by atoms with E-state index in [-0.39, 0.29) is 11.7 Å². The average Bonchev–Trinajstić information content (AvgIpc) is 2.26. The molecule has 0 fully saturated rings. The summed E-state index contributed by atoms with van der Waals surface area (Å²) in [5.74, 6) is 0.379. The highest BCUT2D eigenvalue weighted by Crippen LogP contribution is 2.19. The van der Waals surface area contributed by atoms with E-state index in [4.69, 9.17) is 0 Å². The van der Waals surface area contributed by atoms with Crippen molar-refractivity contribution in [2.45, 2.75) is 18.2 Å². The van der Waals surface area contributed by atoms with Crippen LogP contribution in [0, 0.1) is 5.92 Å². The van der Waals surface area contributed by atoms with Gasteiger partial charge >= 0.3 is 0 Å². The average molecular weight is 370 g/mol. The smallest absolute Gasteiger partial charge is 0.178 e. The predicted octanol–water partition coefficient (Wildman–Crippen LogP) is 3.64. The van der Waals surface area contributed by atoms with Crippen molar-refractivity contribution in [3.8, 4) is 0 Å². The number of benzene rings is 1. The van der Waals surface area contributed by atoms with Gasteiger partial charge in [-0.3, -0.25) is 0 Å². The molecule has 0 aromatic heterocycles. The van der Waals surface area contributed by atoms with Crippen LogP contribution in [-0.2, 0) is 9.84 Å². The molecule has 0 saturated heterocycles. The Morgan fingerprint density at radius 1 is 1.25 bits per heavy atom. The normalized spacial score (nSPS) is 13.7. The van der Waals surface area contributed by atoms with Crippen molar-refractivity contribution in [2.75, 3.05) is 11.1 Å². The molecule has 0 bridgehead atoms. The number of alkyl halides is 1. The topological polar surface area (TPSA) is 34.1 Å². The Morgan fingerprint density at radius 2 is 1.81 bits per heavy atom. The predicted molar refractivity (Wildman–Crippen MR) is 73.8 cm³/mol. The highest BCUT2D eigenvalue weighted by atomic mass is 79.9. The third-order valence-electron chi connectivity index (χ3n) is 2.42. The summed E-state index contributed by atoms with van der Waals surface area (Å²) in [6.07, 6.45) is 0.862. The first-order valence-corrected chi connectivity index (χ1v) is 8.60. The van der Waals surface area contributed by atoms with Crippen LogP contribution in [0.2, 0.25) is 0 Å². The molecular weight excluding hydrogens is 356 g/mol. The number of sulfone groups is 1. The van der Waals surface area contributed by atoms with Gasteiger partial charge in [0.2, 0.25) is 0 Å². The van der Waals surface area contributed by atoms with Crippen LogP contribution < -0.4 is 0 Å². The second kappa shape index (κ2) is 6.17. The molecule has 1 unspecified atom stereocenters. The standard InChI is InChI=1S/C11H14Br2O2S/c1-2-9(7-12)8-16(14,15)11-5-3-10(13)4-6-11/h3-6,9H,2,7-8H2,1H3. The Hall–Kier alpha value is 0.130. The highest BCUT2D eigenvalue weighted by Gasteiger charge is 2.19. The van der Waals surface area contributed by atoms with Crippen molar-refractivity contribution < 1.29 is 8.42 Å². The van der Waals surface area contributed by atoms with Gasteiger partial charge in [-0.1, -0.05) is 45.2 Å². The molecule has 1 aromatic rings. The van der Waals surface area contributed by atoms with E-state index < -0.39 is 9.84 Å². The van der Waals surface area contributed by atoms with E-state index in [9.17, 15) is 8.42 Å². The van der Waals surface area contributed by atoms with E-state index in [0.29, 0.717) is 4.90 Å². The largest absolute Gasteiger partial charge is 0.224 e. The Balaban J connectivity index is 2.89. The molecule has 0 heterocycles. The van der Waals surface area contributed by atoms with Crippen LogP contribution in [0.25, 0.3) is 0 Å². The lowest BCUT2D eigenvalue weighted by Gasteiger charge is -2.11. The minimum Gasteiger partial charge on any atom is -0.224 e. The molecule has 1 rings (SSSR count). The van der Waals surface area contributed by atoms with Crippen molar-refractivity contribution >= 4 is 41.7 Å². The van der Waals surface area contributed by atoms with Gasteiger partial charge in [0.1, 0.15) is 0 Å². The lowest BCUT2D eigenvalue weighted by Crippen LogP contribution is -2.17. The summed E-state index contributed by atoms with van der Waals surface area (Å²) >= 11 is 6.63. The summed E-state index contributed by atoms with van der Waals surface area (Å²) < 4.78 is 25.0. The van der Waals surface area contributed by atoms with Gasteiger partial charge < -0.3 is 0 Å². The molecule has 16 heavy (non-hydrogen) atoms. The van der Waals surface area contributed by atoms with Crippen LogP contribution in [-0.4, -0.2) is 19.5 Å². The summed E-state index contributed by atoms with van der Waals surface area (Å²) in [6, 6.07) is 6.78. The zero-order chi connectivity index (χ0) is 12.2. The van der Waals surface area contributed by atoms with Crippen molar-refractivity contribution in [1.82, 2.24) is 0 Å². The molecular formula is C11H14Br2O2S. The molecule has 0 aliphatic carbocycles. The third-order valence-corrected chi connectivity index (χ3v) is 5.77. The van der Waals surface area contributed by atoms with Crippen molar-refractivity contribution in [3.63, 3.8) is 0 Å². The van der Waals surface area contributed by atoms with Gasteiger partial charge in [-0.2, -0.15) is 0 Å². The van der Waals surface area contributed by atoms with Gasteiger partial charge in [0.05, 0.1) is 10.6 Å². The van der Waals surface area contributed by atoms with Crippen LogP contribution >= 0.6 is 31.9 Å². The van der Waals surface area contributed by atoms with Gasteiger partial charge in [0, 0.05) is 9.80 Å². The maximum Gasteiger partial charge on any atom is 0.178 e. The fourth-order valence-corrected chi connectivity index (χ4v) is 4.29. The summed E-state index contributed by atoms with van der Waals surface area (Å²) in [4.78, 5) is 0.398. The summed E-state index contributed by atoms with van der Waals surface area (Å²) in [5, 5.41) is 0.721. The van der Waals surface area contributed by atoms with Crippen LogP contribution in [0.3, 0.4) is 0 Å². The van der Waals surface area contributed by atoms with E-state index in [1.54, 1.807) is 24.3 Å². The first kappa shape index (κ1) is 14.2. The minimum absolute atomic E-state index is 0.175. The monoisotopic (exact) mass is 368 g/mol. The van der Waals surface area contributed by atoms with Crippen LogP contribution in [0.15, 0.2) is 33.6 Å². The molecule has 0 radical (unpaired) electrons. The first-order valence-electron chi connectivity index (χ1n) is 5.04. The van der Waals surface area contributed by atoms with Gasteiger partial charge in [0.15, 0.2) is 9.84 Å². The van der Waals surface area contributed by atoms with Crippen LogP contribution in [0.1, 0.15) is 13.3 Å². The SMILES string of the molecule is CCC(CBr)CS(=O)(=O)c1ccc(Br)cc1. The Bertz CT molecular complexity index is 422. The van der Waals surface area contributed by atoms with E-state index in [1.165, 1.54) is 0 Å². The lowest BCUT2D eigenvalue weighted by atomic mass is 10.2. The van der Waals surface area contributed by atoms with Gasteiger partial charge in [-0.05, 0) is 30.2 Å². The fraction of sp³-hybridized carbons (Fsp3) is 0.455. The second-order valence-corrected chi connectivity index (χ2v) is 7.26. The molecule has 0 amide bonds. The summed E-state index contributed by atoms with van der Waals surface area (Å²) in [6.45, 7) is 2.00. The molecule has 90 valence electrons. The van der Waals surface area contributed by atoms with Gasteiger partial charge in [-0.25, -0.2) is 8.42 Å². The fourth-order valence-electron chi connectivity index (χ4n) is 1.32. The molecule has 0 N–H and O–H groups in total. The lowest BCUT2D eigenvalue weighted by molar-refractivity contribution is 0.568. The third kappa shape index (κ3) is 3.86. The molecule has 1 atom stereocenters. The number of rotatable bonds is 5. The summed E-state index contributed by atoms with van der Waals surface area (Å²) in [5.41, 5.74) is 0. The van der Waals surface area contributed by atoms with Crippen molar-refractivity contribution in [3.05, 3.63) is 28.7 Å². The maximum atomic E-state index is 12.0. The molecule has 0 aliphatic rings. The van der Waals surface area contributed by atoms with Crippen LogP contribution in [0.5, 0.6) is 0 Å². The van der Waals surface area contributed by atoms with Gasteiger partial charge in [-0.15, -0.1) is 0 Å². The molecule has 2 nitrogen and oxygen atoms in total. The zero-order valence-corrected chi connectivity index (χ0v) is 13.0. The van der Waals surface area contributed by atoms with E-state index in [0.717, 1.165) is 16.2 Å². The van der Waals surface area contributed by atoms with E-state index >= 15 is 0 Å². The highest BCUT2D eigenvalue weighted by molar-refractivity contribution is 9.10. The maximum absolute atomic E-state index is 12.0. The van der Waals surface area contributed by atoms with Gasteiger partial charge in [0.25, 0.3) is 0 Å². The number of halogens is 2. The quantitative estimate of drug-likeness (QED) is 0.742. The van der Waals surface area contributed by atoms with Crippen molar-refractivity contribution in [1.29, 1.82) is 0 Å². The Morgan fingerprint density at radius 3 is 2.25 bits per heavy atom. The number of hydrogen-bond acceptors (Lipinski definition) is 2. The molecule has 0 spiro atoms. The first-order chi connectivity index (χ1) is 7.49. The molecule has 5 heteroatoms. The second-order valence-electron chi connectivity index (χ2n) is 3.66.